The van der Waals surface area contributed by atoms with Gasteiger partial charge in [0.2, 0.25) is 10.9 Å². The highest BCUT2D eigenvalue weighted by Gasteiger charge is 2.66. The standard InChI is InChI=1S/C40H28N4O4S2/c1-23-18-19-32-29(20-23)34(45)33-35(48-32)36(46)44(38-41-42-39(50-38)49-22-27-14-9-13-25-11-5-6-15-28(25)27)40(33)30-16-7-8-17-31(30)43(37(40)47)21-26-12-4-3-10-24(26)2/h3-20H,21-22H2,1-2H3. The average Bonchev–Trinajstić information content (AvgIpc) is 3.77. The molecular weight excluding hydrogens is 665 g/mol. The number of fused-ring (bicyclic) bond motifs is 6. The number of hydrogen-bond acceptors (Lipinski definition) is 8. The Morgan fingerprint density at radius 3 is 2.44 bits per heavy atom. The van der Waals surface area contributed by atoms with E-state index in [9.17, 15) is 9.59 Å². The molecule has 0 fully saturated rings. The van der Waals surface area contributed by atoms with Gasteiger partial charge in [-0.1, -0.05) is 120 Å². The topological polar surface area (TPSA) is 96.6 Å². The predicted octanol–water partition coefficient (Wildman–Crippen LogP) is 8.16. The number of aryl methyl sites for hydroxylation is 2. The summed E-state index contributed by atoms with van der Waals surface area (Å²) in [7, 11) is 0. The van der Waals surface area contributed by atoms with E-state index in [0.717, 1.165) is 33.0 Å². The Kier molecular flexibility index (Phi) is 7.01. The predicted molar refractivity (Wildman–Crippen MR) is 197 cm³/mol. The van der Waals surface area contributed by atoms with Crippen LogP contribution in [0.3, 0.4) is 0 Å². The van der Waals surface area contributed by atoms with E-state index < -0.39 is 22.8 Å². The van der Waals surface area contributed by atoms with Gasteiger partial charge in [-0.25, -0.2) is 0 Å². The van der Waals surface area contributed by atoms with Crippen LogP contribution in [0.2, 0.25) is 0 Å². The molecule has 2 amide bonds. The van der Waals surface area contributed by atoms with E-state index in [1.165, 1.54) is 28.0 Å². The van der Waals surface area contributed by atoms with Crippen molar-refractivity contribution in [3.63, 3.8) is 0 Å². The Balaban J connectivity index is 1.21. The minimum Gasteiger partial charge on any atom is -0.450 e. The summed E-state index contributed by atoms with van der Waals surface area (Å²) in [5.41, 5.74) is 3.14. The number of nitrogens with zero attached hydrogens (tertiary/aromatic N) is 4. The molecule has 0 N–H and O–H groups in total. The van der Waals surface area contributed by atoms with Crippen molar-refractivity contribution >= 4 is 67.5 Å². The van der Waals surface area contributed by atoms with Gasteiger partial charge in [0.05, 0.1) is 23.2 Å². The summed E-state index contributed by atoms with van der Waals surface area (Å²) in [6.07, 6.45) is 0. The number of carbonyl (C=O) groups is 2. The molecular formula is C40H28N4O4S2. The Bertz CT molecular complexity index is 2610. The maximum atomic E-state index is 15.3. The van der Waals surface area contributed by atoms with Crippen LogP contribution >= 0.6 is 23.1 Å². The average molecular weight is 693 g/mol. The van der Waals surface area contributed by atoms with Crippen molar-refractivity contribution in [2.24, 2.45) is 0 Å². The molecule has 10 heteroatoms. The maximum absolute atomic E-state index is 15.3. The molecule has 0 radical (unpaired) electrons. The first-order valence-corrected chi connectivity index (χ1v) is 18.0. The lowest BCUT2D eigenvalue weighted by atomic mass is 9.84. The lowest BCUT2D eigenvalue weighted by Crippen LogP contribution is -2.53. The van der Waals surface area contributed by atoms with Crippen molar-refractivity contribution in [1.29, 1.82) is 0 Å². The van der Waals surface area contributed by atoms with Crippen LogP contribution < -0.4 is 15.2 Å². The fourth-order valence-corrected chi connectivity index (χ4v) is 9.20. The molecule has 0 aliphatic carbocycles. The molecule has 1 spiro atoms. The van der Waals surface area contributed by atoms with Gasteiger partial charge in [0, 0.05) is 11.3 Å². The molecule has 2 aromatic heterocycles. The summed E-state index contributed by atoms with van der Waals surface area (Å²) in [5, 5.41) is 11.8. The fourth-order valence-electron chi connectivity index (χ4n) is 7.30. The van der Waals surface area contributed by atoms with Gasteiger partial charge in [-0.05, 0) is 59.5 Å². The minimum absolute atomic E-state index is 0.00509. The van der Waals surface area contributed by atoms with Gasteiger partial charge in [-0.3, -0.25) is 19.3 Å². The Labute approximate surface area is 295 Å². The molecule has 5 aromatic carbocycles. The summed E-state index contributed by atoms with van der Waals surface area (Å²) >= 11 is 2.73. The van der Waals surface area contributed by atoms with E-state index in [-0.39, 0.29) is 28.6 Å². The van der Waals surface area contributed by atoms with Crippen LogP contribution in [0.1, 0.15) is 43.9 Å². The second-order valence-corrected chi connectivity index (χ2v) is 14.8. The summed E-state index contributed by atoms with van der Waals surface area (Å²) in [5.74, 6) is -0.561. The third-order valence-electron chi connectivity index (χ3n) is 9.69. The highest BCUT2D eigenvalue weighted by molar-refractivity contribution is 8.00. The van der Waals surface area contributed by atoms with E-state index in [4.69, 9.17) is 4.42 Å². The quantitative estimate of drug-likeness (QED) is 0.128. The molecule has 8 nitrogen and oxygen atoms in total. The van der Waals surface area contributed by atoms with Crippen LogP contribution in [0.15, 0.2) is 123 Å². The number of hydrogen-bond donors (Lipinski definition) is 0. The van der Waals surface area contributed by atoms with Crippen LogP contribution in [-0.4, -0.2) is 22.0 Å². The zero-order valence-corrected chi connectivity index (χ0v) is 28.7. The van der Waals surface area contributed by atoms with Crippen molar-refractivity contribution in [3.8, 4) is 0 Å². The Morgan fingerprint density at radius 1 is 0.800 bits per heavy atom. The molecule has 9 rings (SSSR count). The van der Waals surface area contributed by atoms with Crippen LogP contribution in [0.25, 0.3) is 21.7 Å². The molecule has 1 unspecified atom stereocenters. The first-order chi connectivity index (χ1) is 24.4. The van der Waals surface area contributed by atoms with Crippen molar-refractivity contribution in [2.75, 3.05) is 9.80 Å². The van der Waals surface area contributed by atoms with E-state index >= 15 is 4.79 Å². The normalized spacial score (nSPS) is 16.6. The number of benzene rings is 5. The number of amides is 2. The lowest BCUT2D eigenvalue weighted by Gasteiger charge is -2.32. The SMILES string of the molecule is Cc1ccc2oc3c(c(=O)c2c1)C1(C(=O)N(Cc2ccccc2C)c2ccccc21)N(c1nnc(SCc2cccc4ccccc24)s1)C3=O. The molecule has 0 saturated heterocycles. The summed E-state index contributed by atoms with van der Waals surface area (Å²) in [4.78, 5) is 47.7. The highest BCUT2D eigenvalue weighted by atomic mass is 32.2. The van der Waals surface area contributed by atoms with Gasteiger partial charge in [-0.2, -0.15) is 0 Å². The van der Waals surface area contributed by atoms with Gasteiger partial charge in [0.25, 0.3) is 11.8 Å². The van der Waals surface area contributed by atoms with Crippen LogP contribution in [0.4, 0.5) is 10.8 Å². The molecule has 2 aliphatic heterocycles. The van der Waals surface area contributed by atoms with Crippen molar-refractivity contribution in [1.82, 2.24) is 10.2 Å². The van der Waals surface area contributed by atoms with E-state index in [0.29, 0.717) is 26.7 Å². The number of anilines is 2. The van der Waals surface area contributed by atoms with Gasteiger partial charge >= 0.3 is 0 Å². The summed E-state index contributed by atoms with van der Waals surface area (Å²) in [6.45, 7) is 4.14. The number of para-hydroxylation sites is 1. The number of thioether (sulfide) groups is 1. The Morgan fingerprint density at radius 2 is 1.56 bits per heavy atom. The second kappa shape index (κ2) is 11.5. The maximum Gasteiger partial charge on any atom is 0.297 e. The largest absolute Gasteiger partial charge is 0.450 e. The number of aromatic nitrogens is 2. The minimum atomic E-state index is -1.85. The molecule has 0 saturated carbocycles. The Hall–Kier alpha value is -5.58. The van der Waals surface area contributed by atoms with Gasteiger partial charge in [0.1, 0.15) is 5.58 Å². The monoisotopic (exact) mass is 692 g/mol. The summed E-state index contributed by atoms with van der Waals surface area (Å²) in [6, 6.07) is 34.9. The van der Waals surface area contributed by atoms with Crippen molar-refractivity contribution in [2.45, 2.75) is 36.0 Å². The number of carbonyl (C=O) groups excluding carboxylic acids is 2. The van der Waals surface area contributed by atoms with E-state index in [1.807, 2.05) is 86.6 Å². The molecule has 4 heterocycles. The van der Waals surface area contributed by atoms with Crippen LogP contribution in [-0.2, 0) is 22.6 Å². The van der Waals surface area contributed by atoms with Crippen LogP contribution in [0.5, 0.6) is 0 Å². The van der Waals surface area contributed by atoms with Gasteiger partial charge in [0.15, 0.2) is 15.3 Å². The molecule has 7 aromatic rings. The fraction of sp³-hybridized carbons (Fsp3) is 0.125. The first-order valence-electron chi connectivity index (χ1n) is 16.2. The number of rotatable bonds is 6. The molecule has 244 valence electrons. The lowest BCUT2D eigenvalue weighted by molar-refractivity contribution is -0.121. The zero-order chi connectivity index (χ0) is 34.1. The van der Waals surface area contributed by atoms with Crippen molar-refractivity contribution < 1.29 is 14.0 Å². The van der Waals surface area contributed by atoms with Gasteiger partial charge < -0.3 is 9.32 Å². The summed E-state index contributed by atoms with van der Waals surface area (Å²) < 4.78 is 6.90. The van der Waals surface area contributed by atoms with Crippen LogP contribution in [0, 0.1) is 13.8 Å². The molecule has 0 bridgehead atoms. The smallest absolute Gasteiger partial charge is 0.297 e. The third-order valence-corrected chi connectivity index (χ3v) is 11.8. The van der Waals surface area contributed by atoms with Gasteiger partial charge in [-0.15, -0.1) is 10.2 Å². The van der Waals surface area contributed by atoms with E-state index in [2.05, 4.69) is 34.5 Å². The van der Waals surface area contributed by atoms with Crippen molar-refractivity contribution in [3.05, 3.63) is 159 Å². The third kappa shape index (κ3) is 4.41. The molecule has 2 aliphatic rings. The highest BCUT2D eigenvalue weighted by Crippen LogP contribution is 2.55. The molecule has 50 heavy (non-hydrogen) atoms. The molecule has 1 atom stereocenters. The second-order valence-electron chi connectivity index (χ2n) is 12.6. The zero-order valence-electron chi connectivity index (χ0n) is 27.0. The first kappa shape index (κ1) is 30.5. The van der Waals surface area contributed by atoms with E-state index in [1.54, 1.807) is 17.0 Å².